The molecule has 1 saturated carbocycles. The van der Waals surface area contributed by atoms with Crippen molar-refractivity contribution in [2.45, 2.75) is 51.1 Å². The summed E-state index contributed by atoms with van der Waals surface area (Å²) in [6, 6.07) is 6.13. The third kappa shape index (κ3) is 6.82. The van der Waals surface area contributed by atoms with Crippen LogP contribution >= 0.6 is 0 Å². The normalized spacial score (nSPS) is 22.1. The Bertz CT molecular complexity index is 1400. The minimum Gasteiger partial charge on any atom is -0.493 e. The molecule has 2 fully saturated rings. The molecule has 210 valence electrons. The van der Waals surface area contributed by atoms with Gasteiger partial charge in [0.15, 0.2) is 5.82 Å². The summed E-state index contributed by atoms with van der Waals surface area (Å²) in [7, 11) is -3.02. The summed E-state index contributed by atoms with van der Waals surface area (Å²) >= 11 is 0. The van der Waals surface area contributed by atoms with Gasteiger partial charge >= 0.3 is 0 Å². The van der Waals surface area contributed by atoms with Crippen molar-refractivity contribution in [3.05, 3.63) is 30.6 Å². The van der Waals surface area contributed by atoms with Gasteiger partial charge in [-0.05, 0) is 51.2 Å². The molecule has 0 radical (unpaired) electrons. The van der Waals surface area contributed by atoms with Crippen LogP contribution in [0.2, 0.25) is 0 Å². The number of sulfone groups is 1. The maximum Gasteiger partial charge on any atom is 0.244 e. The van der Waals surface area contributed by atoms with Crippen LogP contribution in [0.4, 0.5) is 5.95 Å². The number of carbonyl (C=O) groups excluding carboxylic acids is 1. The topological polar surface area (TPSA) is 144 Å². The van der Waals surface area contributed by atoms with E-state index in [2.05, 4.69) is 37.8 Å². The summed E-state index contributed by atoms with van der Waals surface area (Å²) in [5.41, 5.74) is 0.795. The number of aromatic nitrogens is 5. The number of carbonyl (C=O) groups is 1. The molecule has 0 bridgehead atoms. The molecule has 13 heteroatoms. The molecule has 1 aliphatic carbocycles. The van der Waals surface area contributed by atoms with Crippen LogP contribution in [0.3, 0.4) is 0 Å². The van der Waals surface area contributed by atoms with E-state index in [0.29, 0.717) is 36.6 Å². The van der Waals surface area contributed by atoms with Gasteiger partial charge in [-0.1, -0.05) is 6.07 Å². The summed E-state index contributed by atoms with van der Waals surface area (Å²) in [6.07, 6.45) is 8.33. The molecule has 12 nitrogen and oxygen atoms in total. The number of fused-ring (bicyclic) bond motifs is 1. The monoisotopic (exact) mass is 556 g/mol. The summed E-state index contributed by atoms with van der Waals surface area (Å²) in [5.74, 6) is 2.03. The lowest BCUT2D eigenvalue weighted by atomic mass is 9.85. The number of nitrogens with one attached hydrogen (secondary N) is 2. The zero-order valence-corrected chi connectivity index (χ0v) is 23.2. The summed E-state index contributed by atoms with van der Waals surface area (Å²) in [6.45, 7) is 4.83. The lowest BCUT2D eigenvalue weighted by Gasteiger charge is -2.36. The molecule has 5 rings (SSSR count). The molecule has 3 heterocycles. The Morgan fingerprint density at radius 3 is 2.79 bits per heavy atom. The fourth-order valence-corrected chi connectivity index (χ4v) is 5.99. The van der Waals surface area contributed by atoms with Crippen LogP contribution in [0.25, 0.3) is 16.7 Å². The van der Waals surface area contributed by atoms with E-state index in [9.17, 15) is 13.2 Å². The van der Waals surface area contributed by atoms with Gasteiger partial charge in [0, 0.05) is 43.9 Å². The minimum atomic E-state index is -3.02. The molecule has 2 aliphatic rings. The van der Waals surface area contributed by atoms with Crippen LogP contribution in [0.5, 0.6) is 5.75 Å². The van der Waals surface area contributed by atoms with Crippen molar-refractivity contribution >= 4 is 32.6 Å². The standard InChI is InChI=1S/C26H36N8O4S/c1-18-17-33(12-11-27-18)25(35)19-7-9-20(10-8-19)30-26-31-24(16-28-32-26)34-22-5-3-6-23(21(22)15-29-34)38-13-4-14-39(2,36)37/h3,5-6,15-16,18-20,27H,4,7-14,17H2,1-2H3,(H,30,31,32)/t18-,19?,20?/m0/s1. The van der Waals surface area contributed by atoms with Crippen LogP contribution in [-0.2, 0) is 14.6 Å². The first kappa shape index (κ1) is 27.3. The number of benzene rings is 1. The average Bonchev–Trinajstić information content (AvgIpc) is 3.36. The maximum atomic E-state index is 13.0. The summed E-state index contributed by atoms with van der Waals surface area (Å²) in [4.78, 5) is 19.6. The van der Waals surface area contributed by atoms with Crippen molar-refractivity contribution in [3.8, 4) is 11.6 Å². The van der Waals surface area contributed by atoms with E-state index in [4.69, 9.17) is 4.74 Å². The number of hydrogen-bond acceptors (Lipinski definition) is 10. The van der Waals surface area contributed by atoms with Gasteiger partial charge in [-0.15, -0.1) is 5.10 Å². The number of nitrogens with zero attached hydrogens (tertiary/aromatic N) is 6. The molecular weight excluding hydrogens is 520 g/mol. The van der Waals surface area contributed by atoms with Crippen molar-refractivity contribution in [2.24, 2.45) is 5.92 Å². The molecule has 0 unspecified atom stereocenters. The Kier molecular flexibility index (Phi) is 8.26. The fraction of sp³-hybridized carbons (Fsp3) is 0.577. The average molecular weight is 557 g/mol. The smallest absolute Gasteiger partial charge is 0.244 e. The molecule has 1 saturated heterocycles. The minimum absolute atomic E-state index is 0.0805. The molecule has 1 amide bonds. The highest BCUT2D eigenvalue weighted by molar-refractivity contribution is 7.90. The van der Waals surface area contributed by atoms with E-state index in [0.717, 1.165) is 56.2 Å². The second-order valence-electron chi connectivity index (χ2n) is 10.5. The quantitative estimate of drug-likeness (QED) is 0.375. The Hall–Kier alpha value is -3.32. The van der Waals surface area contributed by atoms with E-state index in [-0.39, 0.29) is 23.6 Å². The van der Waals surface area contributed by atoms with Crippen molar-refractivity contribution < 1.29 is 17.9 Å². The number of hydrogen-bond donors (Lipinski definition) is 2. The van der Waals surface area contributed by atoms with Gasteiger partial charge in [0.05, 0.1) is 35.7 Å². The van der Waals surface area contributed by atoms with E-state index in [1.54, 1.807) is 17.1 Å². The van der Waals surface area contributed by atoms with E-state index >= 15 is 0 Å². The van der Waals surface area contributed by atoms with Crippen LogP contribution in [0.15, 0.2) is 30.6 Å². The first-order chi connectivity index (χ1) is 18.8. The Labute approximate surface area is 228 Å². The first-order valence-corrected chi connectivity index (χ1v) is 15.6. The van der Waals surface area contributed by atoms with Crippen LogP contribution in [0, 0.1) is 5.92 Å². The van der Waals surface area contributed by atoms with E-state index in [1.165, 1.54) is 6.26 Å². The number of ether oxygens (including phenoxy) is 1. The Morgan fingerprint density at radius 2 is 2.03 bits per heavy atom. The molecule has 3 aromatic rings. The molecule has 0 spiro atoms. The fourth-order valence-electron chi connectivity index (χ4n) is 5.35. The zero-order chi connectivity index (χ0) is 27.4. The van der Waals surface area contributed by atoms with E-state index < -0.39 is 9.84 Å². The lowest BCUT2D eigenvalue weighted by molar-refractivity contribution is -0.137. The Morgan fingerprint density at radius 1 is 1.21 bits per heavy atom. The van der Waals surface area contributed by atoms with Gasteiger partial charge in [-0.3, -0.25) is 4.79 Å². The number of piperazine rings is 1. The second-order valence-corrected chi connectivity index (χ2v) is 12.8. The highest BCUT2D eigenvalue weighted by Crippen LogP contribution is 2.29. The molecule has 1 aliphatic heterocycles. The lowest BCUT2D eigenvalue weighted by Crippen LogP contribution is -2.53. The van der Waals surface area contributed by atoms with Gasteiger partial charge in [-0.25, -0.2) is 13.1 Å². The van der Waals surface area contributed by atoms with Gasteiger partial charge in [0.2, 0.25) is 11.9 Å². The number of amides is 1. The largest absolute Gasteiger partial charge is 0.493 e. The third-order valence-corrected chi connectivity index (χ3v) is 8.37. The highest BCUT2D eigenvalue weighted by Gasteiger charge is 2.31. The van der Waals surface area contributed by atoms with Crippen molar-refractivity contribution in [1.29, 1.82) is 0 Å². The number of anilines is 1. The van der Waals surface area contributed by atoms with Gasteiger partial charge in [0.25, 0.3) is 0 Å². The molecule has 2 aromatic heterocycles. The molecular formula is C26H36N8O4S. The van der Waals surface area contributed by atoms with Gasteiger partial charge < -0.3 is 20.3 Å². The Balaban J connectivity index is 1.20. The van der Waals surface area contributed by atoms with E-state index in [1.807, 2.05) is 23.1 Å². The zero-order valence-electron chi connectivity index (χ0n) is 22.4. The van der Waals surface area contributed by atoms with Gasteiger partial charge in [-0.2, -0.15) is 15.2 Å². The van der Waals surface area contributed by atoms with Crippen LogP contribution in [0.1, 0.15) is 39.0 Å². The maximum absolute atomic E-state index is 13.0. The molecule has 1 aromatic carbocycles. The summed E-state index contributed by atoms with van der Waals surface area (Å²) < 4.78 is 30.3. The van der Waals surface area contributed by atoms with Crippen LogP contribution < -0.4 is 15.4 Å². The third-order valence-electron chi connectivity index (χ3n) is 7.34. The molecule has 1 atom stereocenters. The SMILES string of the molecule is C[C@H]1CN(C(=O)C2CCC(Nc3nncc(-n4ncc5c(OCCCS(C)(=O)=O)cccc54)n3)CC2)CCN1. The van der Waals surface area contributed by atoms with Crippen molar-refractivity contribution in [3.63, 3.8) is 0 Å². The molecule has 2 N–H and O–H groups in total. The van der Waals surface area contributed by atoms with Gasteiger partial charge in [0.1, 0.15) is 15.6 Å². The highest BCUT2D eigenvalue weighted by atomic mass is 32.2. The summed E-state index contributed by atoms with van der Waals surface area (Å²) in [5, 5.41) is 20.4. The number of rotatable bonds is 9. The second kappa shape index (κ2) is 11.8. The van der Waals surface area contributed by atoms with Crippen LogP contribution in [-0.4, -0.2) is 94.5 Å². The predicted octanol–water partition coefficient (Wildman–Crippen LogP) is 1.81. The van der Waals surface area contributed by atoms with Crippen molar-refractivity contribution in [1.82, 2.24) is 35.2 Å². The predicted molar refractivity (Wildman–Crippen MR) is 148 cm³/mol. The molecule has 39 heavy (non-hydrogen) atoms. The first-order valence-electron chi connectivity index (χ1n) is 13.5. The van der Waals surface area contributed by atoms with Crippen molar-refractivity contribution in [2.75, 3.05) is 43.6 Å².